The molecule has 3 amide bonds. The van der Waals surface area contributed by atoms with Crippen LogP contribution in [0.3, 0.4) is 0 Å². The molecular formula is C10H18N4O3. The zero-order chi connectivity index (χ0) is 12.8. The molecule has 3 N–H and O–H groups in total. The third-order valence-corrected chi connectivity index (χ3v) is 2.91. The maximum Gasteiger partial charge on any atom is 0.321 e. The van der Waals surface area contributed by atoms with Crippen LogP contribution in [0.4, 0.5) is 4.79 Å². The van der Waals surface area contributed by atoms with Gasteiger partial charge in [-0.25, -0.2) is 4.79 Å². The molecule has 7 nitrogen and oxygen atoms in total. The Hall–Kier alpha value is -1.63. The van der Waals surface area contributed by atoms with E-state index in [1.54, 1.807) is 6.92 Å². The van der Waals surface area contributed by atoms with E-state index in [4.69, 9.17) is 5.21 Å². The molecule has 1 aliphatic heterocycles. The molecule has 96 valence electrons. The summed E-state index contributed by atoms with van der Waals surface area (Å²) in [5.74, 6) is -0.325. The van der Waals surface area contributed by atoms with Gasteiger partial charge in [0.1, 0.15) is 0 Å². The standard InChI is InChI=1S/C10H18N4O3/c1-7(9(15)12-10(16)11-2)14-5-3-8(13-17)4-6-14/h7,17H,3-6H2,1-2H3,(H2,11,12,15,16). The minimum atomic E-state index is -0.503. The van der Waals surface area contributed by atoms with Crippen LogP contribution in [0.15, 0.2) is 5.16 Å². The fourth-order valence-electron chi connectivity index (χ4n) is 1.71. The Morgan fingerprint density at radius 1 is 1.41 bits per heavy atom. The highest BCUT2D eigenvalue weighted by Gasteiger charge is 2.25. The van der Waals surface area contributed by atoms with Gasteiger partial charge in [0.15, 0.2) is 0 Å². The summed E-state index contributed by atoms with van der Waals surface area (Å²) in [7, 11) is 1.46. The van der Waals surface area contributed by atoms with E-state index in [0.29, 0.717) is 25.9 Å². The Bertz CT molecular complexity index is 320. The number of imide groups is 1. The molecule has 7 heteroatoms. The van der Waals surface area contributed by atoms with Crippen molar-refractivity contribution in [3.05, 3.63) is 0 Å². The molecule has 1 aliphatic rings. The first-order valence-corrected chi connectivity index (χ1v) is 5.55. The van der Waals surface area contributed by atoms with Gasteiger partial charge in [-0.1, -0.05) is 5.16 Å². The van der Waals surface area contributed by atoms with E-state index in [0.717, 1.165) is 5.71 Å². The average molecular weight is 242 g/mol. The van der Waals surface area contributed by atoms with Crippen LogP contribution >= 0.6 is 0 Å². The summed E-state index contributed by atoms with van der Waals surface area (Å²) < 4.78 is 0. The lowest BCUT2D eigenvalue weighted by Gasteiger charge is -2.31. The Morgan fingerprint density at radius 3 is 2.47 bits per heavy atom. The van der Waals surface area contributed by atoms with Gasteiger partial charge in [0.05, 0.1) is 11.8 Å². The maximum atomic E-state index is 11.7. The first-order valence-electron chi connectivity index (χ1n) is 5.55. The largest absolute Gasteiger partial charge is 0.411 e. The Labute approximate surface area is 99.8 Å². The van der Waals surface area contributed by atoms with Crippen molar-refractivity contribution in [2.75, 3.05) is 20.1 Å². The van der Waals surface area contributed by atoms with E-state index in [2.05, 4.69) is 15.8 Å². The summed E-state index contributed by atoms with van der Waals surface area (Å²) in [6.45, 7) is 3.06. The SMILES string of the molecule is CNC(=O)NC(=O)C(C)N1CCC(=NO)CC1. The molecule has 1 rings (SSSR count). The van der Waals surface area contributed by atoms with Gasteiger partial charge in [-0.15, -0.1) is 0 Å². The summed E-state index contributed by atoms with van der Waals surface area (Å²) in [5.41, 5.74) is 0.750. The third kappa shape index (κ3) is 3.70. The second-order valence-corrected chi connectivity index (χ2v) is 3.95. The highest BCUT2D eigenvalue weighted by molar-refractivity contribution is 5.96. The Balaban J connectivity index is 2.45. The number of carbonyl (C=O) groups is 2. The Morgan fingerprint density at radius 2 is 2.00 bits per heavy atom. The quantitative estimate of drug-likeness (QED) is 0.460. The fraction of sp³-hybridized carbons (Fsp3) is 0.700. The number of piperidine rings is 1. The number of oxime groups is 1. The first-order chi connectivity index (χ1) is 8.08. The van der Waals surface area contributed by atoms with Crippen molar-refractivity contribution in [2.24, 2.45) is 5.16 Å². The number of nitrogens with one attached hydrogen (secondary N) is 2. The summed E-state index contributed by atoms with van der Waals surface area (Å²) in [6, 6.07) is -0.871. The molecule has 0 bridgehead atoms. The van der Waals surface area contributed by atoms with Gasteiger partial charge in [0.2, 0.25) is 5.91 Å². The number of nitrogens with zero attached hydrogens (tertiary/aromatic N) is 2. The molecule has 0 spiro atoms. The van der Waals surface area contributed by atoms with Crippen molar-refractivity contribution < 1.29 is 14.8 Å². The second kappa shape index (κ2) is 6.19. The lowest BCUT2D eigenvalue weighted by molar-refractivity contribution is -0.124. The van der Waals surface area contributed by atoms with E-state index in [1.807, 2.05) is 4.90 Å². The molecule has 1 fully saturated rings. The summed E-state index contributed by atoms with van der Waals surface area (Å²) in [6.07, 6.45) is 1.29. The molecule has 0 radical (unpaired) electrons. The number of urea groups is 1. The van der Waals surface area contributed by atoms with Crippen LogP contribution in [-0.4, -0.2) is 53.9 Å². The van der Waals surface area contributed by atoms with E-state index >= 15 is 0 Å². The van der Waals surface area contributed by atoms with Gasteiger partial charge in [-0.05, 0) is 6.92 Å². The Kier molecular flexibility index (Phi) is 4.89. The molecule has 0 aromatic heterocycles. The average Bonchev–Trinajstić information content (AvgIpc) is 2.37. The monoisotopic (exact) mass is 242 g/mol. The summed E-state index contributed by atoms with van der Waals surface area (Å²) >= 11 is 0. The molecule has 0 aliphatic carbocycles. The number of rotatable bonds is 2. The molecule has 1 saturated heterocycles. The highest BCUT2D eigenvalue weighted by Crippen LogP contribution is 2.10. The molecule has 0 saturated carbocycles. The molecule has 1 heterocycles. The second-order valence-electron chi connectivity index (χ2n) is 3.95. The normalized spacial score (nSPS) is 18.4. The van der Waals surface area contributed by atoms with Crippen LogP contribution in [0, 0.1) is 0 Å². The molecule has 1 atom stereocenters. The lowest BCUT2D eigenvalue weighted by atomic mass is 10.1. The number of hydrogen-bond acceptors (Lipinski definition) is 5. The van der Waals surface area contributed by atoms with Crippen LogP contribution in [-0.2, 0) is 4.79 Å². The summed E-state index contributed by atoms with van der Waals surface area (Å²) in [4.78, 5) is 24.6. The van der Waals surface area contributed by atoms with Gasteiger partial charge in [-0.2, -0.15) is 0 Å². The van der Waals surface area contributed by atoms with E-state index in [-0.39, 0.29) is 11.9 Å². The number of carbonyl (C=O) groups excluding carboxylic acids is 2. The topological polar surface area (TPSA) is 94.0 Å². The highest BCUT2D eigenvalue weighted by atomic mass is 16.4. The van der Waals surface area contributed by atoms with Crippen LogP contribution in [0.25, 0.3) is 0 Å². The van der Waals surface area contributed by atoms with Crippen LogP contribution < -0.4 is 10.6 Å². The first kappa shape index (κ1) is 13.4. The minimum Gasteiger partial charge on any atom is -0.411 e. The van der Waals surface area contributed by atoms with Crippen molar-refractivity contribution in [3.8, 4) is 0 Å². The zero-order valence-corrected chi connectivity index (χ0v) is 10.1. The van der Waals surface area contributed by atoms with Crippen molar-refractivity contribution >= 4 is 17.6 Å². The van der Waals surface area contributed by atoms with Crippen LogP contribution in [0.1, 0.15) is 19.8 Å². The van der Waals surface area contributed by atoms with Gasteiger partial charge in [0, 0.05) is 33.0 Å². The fourth-order valence-corrected chi connectivity index (χ4v) is 1.71. The third-order valence-electron chi connectivity index (χ3n) is 2.91. The van der Waals surface area contributed by atoms with Crippen LogP contribution in [0.5, 0.6) is 0 Å². The van der Waals surface area contributed by atoms with Gasteiger partial charge >= 0.3 is 6.03 Å². The van der Waals surface area contributed by atoms with E-state index in [1.165, 1.54) is 7.05 Å². The predicted octanol–water partition coefficient (Wildman–Crippen LogP) is -0.243. The maximum absolute atomic E-state index is 11.7. The smallest absolute Gasteiger partial charge is 0.321 e. The number of hydrogen-bond donors (Lipinski definition) is 3. The van der Waals surface area contributed by atoms with E-state index < -0.39 is 6.03 Å². The molecule has 0 aromatic carbocycles. The van der Waals surface area contributed by atoms with Gasteiger partial charge in [-0.3, -0.25) is 15.0 Å². The molecule has 17 heavy (non-hydrogen) atoms. The van der Waals surface area contributed by atoms with Crippen molar-refractivity contribution in [1.29, 1.82) is 0 Å². The number of amides is 3. The van der Waals surface area contributed by atoms with E-state index in [9.17, 15) is 9.59 Å². The predicted molar refractivity (Wildman–Crippen MR) is 62.1 cm³/mol. The van der Waals surface area contributed by atoms with Crippen molar-refractivity contribution in [2.45, 2.75) is 25.8 Å². The van der Waals surface area contributed by atoms with Gasteiger partial charge in [0.25, 0.3) is 0 Å². The van der Waals surface area contributed by atoms with Crippen molar-refractivity contribution in [1.82, 2.24) is 15.5 Å². The minimum absolute atomic E-state index is 0.325. The zero-order valence-electron chi connectivity index (χ0n) is 10.1. The summed E-state index contributed by atoms with van der Waals surface area (Å²) in [5, 5.41) is 16.4. The molecule has 1 unspecified atom stereocenters. The molecular weight excluding hydrogens is 224 g/mol. The van der Waals surface area contributed by atoms with Crippen LogP contribution in [0.2, 0.25) is 0 Å². The van der Waals surface area contributed by atoms with Crippen molar-refractivity contribution in [3.63, 3.8) is 0 Å². The molecule has 0 aromatic rings. The number of likely N-dealkylation sites (tertiary alicyclic amines) is 1. The van der Waals surface area contributed by atoms with Gasteiger partial charge < -0.3 is 10.5 Å². The lowest BCUT2D eigenvalue weighted by Crippen LogP contribution is -2.51.